The van der Waals surface area contributed by atoms with E-state index in [4.69, 9.17) is 4.74 Å². The second-order valence-corrected chi connectivity index (χ2v) is 7.22. The molecule has 0 saturated carbocycles. The van der Waals surface area contributed by atoms with Crippen LogP contribution in [0.15, 0.2) is 59.6 Å². The Kier molecular flexibility index (Phi) is 9.02. The summed E-state index contributed by atoms with van der Waals surface area (Å²) in [5, 5.41) is 6.77. The Balaban J connectivity index is 1.79. The summed E-state index contributed by atoms with van der Waals surface area (Å²) in [6, 6.07) is 18.5. The van der Waals surface area contributed by atoms with Gasteiger partial charge in [0.2, 0.25) is 0 Å². The first-order valence-electron chi connectivity index (χ1n) is 9.91. The molecule has 156 valence electrons. The standard InChI is InChI=1S/C23H32N4O2/c1-18(13-14-19-9-6-5-7-10-19)26-23(24-2)25-16-20-11-8-12-21(15-20)29-17-22(28)27(3)4/h5-12,15,18H,13-14,16-17H2,1-4H3,(H2,24,25,26). The molecule has 1 unspecified atom stereocenters. The summed E-state index contributed by atoms with van der Waals surface area (Å²) >= 11 is 0. The Labute approximate surface area is 174 Å². The summed E-state index contributed by atoms with van der Waals surface area (Å²) in [4.78, 5) is 17.5. The van der Waals surface area contributed by atoms with Crippen molar-refractivity contribution in [3.8, 4) is 5.75 Å². The van der Waals surface area contributed by atoms with Crippen LogP contribution in [-0.4, -0.2) is 50.6 Å². The molecule has 2 rings (SSSR count). The number of benzene rings is 2. The third kappa shape index (κ3) is 8.25. The molecular formula is C23H32N4O2. The smallest absolute Gasteiger partial charge is 0.259 e. The molecule has 0 heterocycles. The first-order valence-corrected chi connectivity index (χ1v) is 9.91. The topological polar surface area (TPSA) is 66.0 Å². The molecule has 2 aromatic carbocycles. The third-order valence-electron chi connectivity index (χ3n) is 4.54. The molecule has 6 nitrogen and oxygen atoms in total. The van der Waals surface area contributed by atoms with Gasteiger partial charge in [-0.2, -0.15) is 0 Å². The molecule has 0 saturated heterocycles. The summed E-state index contributed by atoms with van der Waals surface area (Å²) in [5.74, 6) is 1.38. The number of carbonyl (C=O) groups excluding carboxylic acids is 1. The Morgan fingerprint density at radius 2 is 1.83 bits per heavy atom. The summed E-state index contributed by atoms with van der Waals surface area (Å²) < 4.78 is 5.58. The van der Waals surface area contributed by atoms with Gasteiger partial charge < -0.3 is 20.3 Å². The van der Waals surface area contributed by atoms with Crippen molar-refractivity contribution in [3.63, 3.8) is 0 Å². The Morgan fingerprint density at radius 3 is 2.52 bits per heavy atom. The lowest BCUT2D eigenvalue weighted by Gasteiger charge is -2.18. The number of likely N-dealkylation sites (N-methyl/N-ethyl adjacent to an activating group) is 1. The minimum Gasteiger partial charge on any atom is -0.484 e. The van der Waals surface area contributed by atoms with Gasteiger partial charge in [0.25, 0.3) is 5.91 Å². The van der Waals surface area contributed by atoms with E-state index in [1.165, 1.54) is 10.5 Å². The summed E-state index contributed by atoms with van der Waals surface area (Å²) in [6.45, 7) is 2.81. The predicted molar refractivity (Wildman–Crippen MR) is 118 cm³/mol. The zero-order chi connectivity index (χ0) is 21.1. The summed E-state index contributed by atoms with van der Waals surface area (Å²) in [5.41, 5.74) is 2.40. The molecule has 0 radical (unpaired) electrons. The van der Waals surface area contributed by atoms with Gasteiger partial charge in [-0.25, -0.2) is 0 Å². The Hall–Kier alpha value is -3.02. The minimum atomic E-state index is -0.0670. The first-order chi connectivity index (χ1) is 14.0. The number of ether oxygens (including phenoxy) is 1. The number of aryl methyl sites for hydroxylation is 1. The highest BCUT2D eigenvalue weighted by atomic mass is 16.5. The largest absolute Gasteiger partial charge is 0.484 e. The normalized spacial score (nSPS) is 12.2. The fraction of sp³-hybridized carbons (Fsp3) is 0.391. The van der Waals surface area contributed by atoms with Crippen LogP contribution < -0.4 is 15.4 Å². The van der Waals surface area contributed by atoms with E-state index in [0.29, 0.717) is 18.3 Å². The molecule has 6 heteroatoms. The van der Waals surface area contributed by atoms with Gasteiger partial charge in [-0.1, -0.05) is 42.5 Å². The van der Waals surface area contributed by atoms with E-state index in [1.54, 1.807) is 21.1 Å². The van der Waals surface area contributed by atoms with E-state index >= 15 is 0 Å². The van der Waals surface area contributed by atoms with Crippen LogP contribution in [0.4, 0.5) is 0 Å². The minimum absolute atomic E-state index is 0.0338. The average molecular weight is 397 g/mol. The highest BCUT2D eigenvalue weighted by molar-refractivity contribution is 5.80. The van der Waals surface area contributed by atoms with Crippen LogP contribution in [-0.2, 0) is 17.8 Å². The molecule has 0 spiro atoms. The lowest BCUT2D eigenvalue weighted by Crippen LogP contribution is -2.42. The van der Waals surface area contributed by atoms with Crippen LogP contribution in [0, 0.1) is 0 Å². The molecule has 2 aromatic rings. The zero-order valence-electron chi connectivity index (χ0n) is 17.8. The van der Waals surface area contributed by atoms with Crippen LogP contribution in [0.2, 0.25) is 0 Å². The second kappa shape index (κ2) is 11.7. The highest BCUT2D eigenvalue weighted by Gasteiger charge is 2.07. The van der Waals surface area contributed by atoms with E-state index in [-0.39, 0.29) is 12.5 Å². The SMILES string of the molecule is CN=C(NCc1cccc(OCC(=O)N(C)C)c1)NC(C)CCc1ccccc1. The van der Waals surface area contributed by atoms with Crippen molar-refractivity contribution in [2.24, 2.45) is 4.99 Å². The van der Waals surface area contributed by atoms with Gasteiger partial charge in [0.05, 0.1) is 0 Å². The van der Waals surface area contributed by atoms with Gasteiger partial charge >= 0.3 is 0 Å². The molecule has 0 bridgehead atoms. The van der Waals surface area contributed by atoms with Crippen molar-refractivity contribution in [1.82, 2.24) is 15.5 Å². The molecular weight excluding hydrogens is 364 g/mol. The Morgan fingerprint density at radius 1 is 1.10 bits per heavy atom. The number of guanidine groups is 1. The number of carbonyl (C=O) groups is 1. The lowest BCUT2D eigenvalue weighted by atomic mass is 10.1. The fourth-order valence-corrected chi connectivity index (χ4v) is 2.73. The van der Waals surface area contributed by atoms with Crippen molar-refractivity contribution < 1.29 is 9.53 Å². The van der Waals surface area contributed by atoms with Crippen LogP contribution in [0.3, 0.4) is 0 Å². The number of nitrogens with zero attached hydrogens (tertiary/aromatic N) is 2. The van der Waals surface area contributed by atoms with Gasteiger partial charge in [-0.3, -0.25) is 9.79 Å². The number of hydrogen-bond donors (Lipinski definition) is 2. The van der Waals surface area contributed by atoms with E-state index in [9.17, 15) is 4.79 Å². The van der Waals surface area contributed by atoms with Crippen molar-refractivity contribution in [1.29, 1.82) is 0 Å². The zero-order valence-corrected chi connectivity index (χ0v) is 17.8. The molecule has 2 N–H and O–H groups in total. The van der Waals surface area contributed by atoms with Gasteiger partial charge in [0.1, 0.15) is 5.75 Å². The third-order valence-corrected chi connectivity index (χ3v) is 4.54. The number of amides is 1. The summed E-state index contributed by atoms with van der Waals surface area (Å²) in [7, 11) is 5.20. The van der Waals surface area contributed by atoms with Gasteiger partial charge in [-0.05, 0) is 43.0 Å². The van der Waals surface area contributed by atoms with Crippen molar-refractivity contribution in [3.05, 3.63) is 65.7 Å². The average Bonchev–Trinajstić information content (AvgIpc) is 2.74. The van der Waals surface area contributed by atoms with Crippen LogP contribution >= 0.6 is 0 Å². The molecule has 1 atom stereocenters. The number of nitrogens with one attached hydrogen (secondary N) is 2. The monoisotopic (exact) mass is 396 g/mol. The quantitative estimate of drug-likeness (QED) is 0.505. The van der Waals surface area contributed by atoms with Gasteiger partial charge in [-0.15, -0.1) is 0 Å². The van der Waals surface area contributed by atoms with Crippen LogP contribution in [0.5, 0.6) is 5.75 Å². The van der Waals surface area contributed by atoms with E-state index in [0.717, 1.165) is 24.4 Å². The predicted octanol–water partition coefficient (Wildman–Crippen LogP) is 2.84. The maximum absolute atomic E-state index is 11.7. The van der Waals surface area contributed by atoms with Gasteiger partial charge in [0.15, 0.2) is 12.6 Å². The van der Waals surface area contributed by atoms with Crippen LogP contribution in [0.1, 0.15) is 24.5 Å². The maximum atomic E-state index is 11.7. The molecule has 1 amide bonds. The second-order valence-electron chi connectivity index (χ2n) is 7.22. The van der Waals surface area contributed by atoms with E-state index in [2.05, 4.69) is 46.8 Å². The van der Waals surface area contributed by atoms with Crippen LogP contribution in [0.25, 0.3) is 0 Å². The molecule has 0 aliphatic heterocycles. The van der Waals surface area contributed by atoms with E-state index in [1.807, 2.05) is 30.3 Å². The lowest BCUT2D eigenvalue weighted by molar-refractivity contribution is -0.130. The number of rotatable bonds is 9. The molecule has 0 fully saturated rings. The first kappa shape index (κ1) is 22.3. The molecule has 0 aliphatic rings. The highest BCUT2D eigenvalue weighted by Crippen LogP contribution is 2.13. The number of hydrogen-bond acceptors (Lipinski definition) is 3. The molecule has 0 aromatic heterocycles. The van der Waals surface area contributed by atoms with Crippen molar-refractivity contribution in [2.45, 2.75) is 32.4 Å². The number of aliphatic imine (C=N–C) groups is 1. The fourth-order valence-electron chi connectivity index (χ4n) is 2.73. The molecule has 29 heavy (non-hydrogen) atoms. The maximum Gasteiger partial charge on any atom is 0.259 e. The van der Waals surface area contributed by atoms with Crippen molar-refractivity contribution >= 4 is 11.9 Å². The summed E-state index contributed by atoms with van der Waals surface area (Å²) in [6.07, 6.45) is 2.05. The van der Waals surface area contributed by atoms with Crippen molar-refractivity contribution in [2.75, 3.05) is 27.7 Å². The Bertz CT molecular complexity index is 790. The molecule has 0 aliphatic carbocycles. The van der Waals surface area contributed by atoms with Gasteiger partial charge in [0, 0.05) is 33.7 Å². The van der Waals surface area contributed by atoms with E-state index < -0.39 is 0 Å².